The lowest BCUT2D eigenvalue weighted by atomic mass is 9.83. The molecule has 1 aliphatic heterocycles. The zero-order chi connectivity index (χ0) is 17.8. The van der Waals surface area contributed by atoms with Crippen LogP contribution in [0.3, 0.4) is 0 Å². The number of hydrogen-bond donors (Lipinski definition) is 2. The average molecular weight is 343 g/mol. The van der Waals surface area contributed by atoms with Gasteiger partial charge in [-0.25, -0.2) is 14.3 Å². The molecule has 1 saturated heterocycles. The van der Waals surface area contributed by atoms with E-state index in [1.165, 1.54) is 5.69 Å². The van der Waals surface area contributed by atoms with Crippen LogP contribution in [0.25, 0.3) is 16.6 Å². The van der Waals surface area contributed by atoms with Crippen molar-refractivity contribution in [3.63, 3.8) is 0 Å². The van der Waals surface area contributed by atoms with Gasteiger partial charge in [-0.3, -0.25) is 5.10 Å². The van der Waals surface area contributed by atoms with E-state index in [9.17, 15) is 4.79 Å². The predicted molar refractivity (Wildman–Crippen MR) is 95.7 cm³/mol. The van der Waals surface area contributed by atoms with Crippen molar-refractivity contribution in [3.8, 4) is 0 Å². The average Bonchev–Trinajstić information content (AvgIpc) is 2.94. The van der Waals surface area contributed by atoms with E-state index in [0.717, 1.165) is 29.5 Å². The molecule has 0 spiro atoms. The van der Waals surface area contributed by atoms with Crippen molar-refractivity contribution in [1.29, 1.82) is 0 Å². The first kappa shape index (κ1) is 16.1. The second-order valence-electron chi connectivity index (χ2n) is 8.03. The third-order valence-electron chi connectivity index (χ3n) is 5.00. The molecular formula is C18H25N5O2. The van der Waals surface area contributed by atoms with Gasteiger partial charge in [0.25, 0.3) is 0 Å². The highest BCUT2D eigenvalue weighted by molar-refractivity contribution is 5.93. The molecule has 4 heterocycles. The summed E-state index contributed by atoms with van der Waals surface area (Å²) < 4.78 is 7.51. The predicted octanol–water partition coefficient (Wildman–Crippen LogP) is 3.50. The van der Waals surface area contributed by atoms with Crippen LogP contribution in [0.2, 0.25) is 0 Å². The lowest BCUT2D eigenvalue weighted by molar-refractivity contribution is 0.0161. The van der Waals surface area contributed by atoms with Crippen molar-refractivity contribution in [2.45, 2.75) is 45.6 Å². The van der Waals surface area contributed by atoms with Crippen LogP contribution in [0.4, 0.5) is 4.79 Å². The van der Waals surface area contributed by atoms with Crippen LogP contribution in [0.1, 0.15) is 45.7 Å². The number of carbonyl (C=O) groups excluding carboxylic acids is 1. The maximum absolute atomic E-state index is 12.5. The highest BCUT2D eigenvalue weighted by Crippen LogP contribution is 2.36. The van der Waals surface area contributed by atoms with Crippen molar-refractivity contribution in [2.75, 3.05) is 13.1 Å². The van der Waals surface area contributed by atoms with E-state index in [2.05, 4.69) is 22.0 Å². The Morgan fingerprint density at radius 3 is 2.96 bits per heavy atom. The van der Waals surface area contributed by atoms with E-state index in [1.807, 2.05) is 42.4 Å². The highest BCUT2D eigenvalue weighted by atomic mass is 16.6. The lowest BCUT2D eigenvalue weighted by Gasteiger charge is -2.38. The quantitative estimate of drug-likeness (QED) is 0.710. The number of hydrogen-bond acceptors (Lipinski definition) is 3. The molecule has 2 unspecified atom stereocenters. The number of amides is 1. The van der Waals surface area contributed by atoms with Crippen molar-refractivity contribution in [2.24, 2.45) is 5.92 Å². The molecule has 25 heavy (non-hydrogen) atoms. The fourth-order valence-corrected chi connectivity index (χ4v) is 3.65. The number of ether oxygens (including phenoxy) is 1. The number of aromatic nitrogens is 4. The second kappa shape index (κ2) is 5.54. The molecule has 1 amide bonds. The molecule has 0 aliphatic carbocycles. The molecule has 2 N–H and O–H groups in total. The number of aromatic amines is 2. The van der Waals surface area contributed by atoms with Gasteiger partial charge >= 0.3 is 6.09 Å². The minimum Gasteiger partial charge on any atom is -0.444 e. The van der Waals surface area contributed by atoms with Crippen LogP contribution in [0.5, 0.6) is 0 Å². The third-order valence-corrected chi connectivity index (χ3v) is 5.00. The number of nitrogens with zero attached hydrogens (tertiary/aromatic N) is 3. The summed E-state index contributed by atoms with van der Waals surface area (Å²) in [5, 5.41) is 4.50. The number of carbonyl (C=O) groups is 1. The van der Waals surface area contributed by atoms with Crippen molar-refractivity contribution in [3.05, 3.63) is 24.3 Å². The summed E-state index contributed by atoms with van der Waals surface area (Å²) in [5.74, 6) is 0.763. The van der Waals surface area contributed by atoms with E-state index in [-0.39, 0.29) is 12.0 Å². The SMILES string of the molecule is CC1CCN(C(=O)OC(C)(C)C)CC1c1[nH]n2cnc3[nH]ccc3c12. The minimum absolute atomic E-state index is 0.223. The van der Waals surface area contributed by atoms with Gasteiger partial charge in [-0.15, -0.1) is 0 Å². The summed E-state index contributed by atoms with van der Waals surface area (Å²) in [7, 11) is 0. The summed E-state index contributed by atoms with van der Waals surface area (Å²) >= 11 is 0. The molecule has 4 rings (SSSR count). The Labute approximate surface area is 146 Å². The molecule has 1 aliphatic rings. The van der Waals surface area contributed by atoms with Crippen LogP contribution in [0.15, 0.2) is 18.6 Å². The van der Waals surface area contributed by atoms with Gasteiger partial charge in [0.1, 0.15) is 17.6 Å². The van der Waals surface area contributed by atoms with Crippen LogP contribution in [-0.2, 0) is 4.74 Å². The maximum atomic E-state index is 12.5. The topological polar surface area (TPSA) is 78.4 Å². The monoisotopic (exact) mass is 343 g/mol. The molecule has 0 bridgehead atoms. The van der Waals surface area contributed by atoms with E-state index < -0.39 is 5.60 Å². The molecule has 0 saturated carbocycles. The van der Waals surface area contributed by atoms with E-state index in [1.54, 1.807) is 6.33 Å². The number of nitrogens with one attached hydrogen (secondary N) is 2. The summed E-state index contributed by atoms with van der Waals surface area (Å²) in [6, 6.07) is 2.05. The fourth-order valence-electron chi connectivity index (χ4n) is 3.65. The smallest absolute Gasteiger partial charge is 0.410 e. The Morgan fingerprint density at radius 2 is 2.20 bits per heavy atom. The first-order chi connectivity index (χ1) is 11.8. The van der Waals surface area contributed by atoms with Crippen molar-refractivity contribution < 1.29 is 9.53 Å². The molecule has 3 aromatic rings. The number of fused-ring (bicyclic) bond motifs is 3. The summed E-state index contributed by atoms with van der Waals surface area (Å²) in [6.07, 6.45) is 4.44. The van der Waals surface area contributed by atoms with Gasteiger partial charge in [0.2, 0.25) is 0 Å². The van der Waals surface area contributed by atoms with Crippen molar-refractivity contribution >= 4 is 22.6 Å². The molecule has 3 aromatic heterocycles. The number of piperidine rings is 1. The number of H-pyrrole nitrogens is 2. The van der Waals surface area contributed by atoms with Crippen LogP contribution < -0.4 is 0 Å². The summed E-state index contributed by atoms with van der Waals surface area (Å²) in [5.41, 5.74) is 2.77. The van der Waals surface area contributed by atoms with E-state index in [4.69, 9.17) is 4.74 Å². The maximum Gasteiger partial charge on any atom is 0.410 e. The Kier molecular flexibility index (Phi) is 3.56. The molecule has 1 fully saturated rings. The molecule has 134 valence electrons. The molecular weight excluding hydrogens is 318 g/mol. The largest absolute Gasteiger partial charge is 0.444 e. The first-order valence-electron chi connectivity index (χ1n) is 8.83. The third kappa shape index (κ3) is 2.77. The highest BCUT2D eigenvalue weighted by Gasteiger charge is 2.35. The second-order valence-corrected chi connectivity index (χ2v) is 8.03. The van der Waals surface area contributed by atoms with Crippen LogP contribution >= 0.6 is 0 Å². The number of likely N-dealkylation sites (tertiary alicyclic amines) is 1. The molecule has 2 atom stereocenters. The number of rotatable bonds is 1. The Morgan fingerprint density at radius 1 is 1.40 bits per heavy atom. The van der Waals surface area contributed by atoms with Gasteiger partial charge < -0.3 is 14.6 Å². The summed E-state index contributed by atoms with van der Waals surface area (Å²) in [4.78, 5) is 21.8. The van der Waals surface area contributed by atoms with Gasteiger partial charge in [-0.1, -0.05) is 6.92 Å². The Bertz CT molecular complexity index is 913. The van der Waals surface area contributed by atoms with Crippen molar-refractivity contribution in [1.82, 2.24) is 24.5 Å². The molecule has 0 radical (unpaired) electrons. The Balaban J connectivity index is 1.63. The van der Waals surface area contributed by atoms with Crippen LogP contribution in [-0.4, -0.2) is 49.3 Å². The van der Waals surface area contributed by atoms with Gasteiger partial charge in [0.15, 0.2) is 0 Å². The minimum atomic E-state index is -0.469. The normalized spacial score (nSPS) is 22.0. The van der Waals surface area contributed by atoms with E-state index in [0.29, 0.717) is 12.5 Å². The Hall–Kier alpha value is -2.44. The van der Waals surface area contributed by atoms with Gasteiger partial charge in [-0.2, -0.15) is 0 Å². The molecule has 7 nitrogen and oxygen atoms in total. The van der Waals surface area contributed by atoms with Gasteiger partial charge in [0, 0.05) is 30.6 Å². The van der Waals surface area contributed by atoms with E-state index >= 15 is 0 Å². The molecule has 7 heteroatoms. The van der Waals surface area contributed by atoms with Crippen LogP contribution in [0, 0.1) is 5.92 Å². The zero-order valence-corrected chi connectivity index (χ0v) is 15.2. The zero-order valence-electron chi connectivity index (χ0n) is 15.2. The fraction of sp³-hybridized carbons (Fsp3) is 0.556. The lowest BCUT2D eigenvalue weighted by Crippen LogP contribution is -2.45. The first-order valence-corrected chi connectivity index (χ1v) is 8.83. The summed E-state index contributed by atoms with van der Waals surface area (Å²) in [6.45, 7) is 9.38. The van der Waals surface area contributed by atoms with Gasteiger partial charge in [-0.05, 0) is 39.2 Å². The molecule has 0 aromatic carbocycles. The standard InChI is InChI=1S/C18H25N5O2/c1-11-6-8-22(17(24)25-18(2,3)4)9-13(11)14-15-12-5-7-19-16(12)20-10-23(15)21-14/h5,7,10-11,13,19,21H,6,8-9H2,1-4H3. The van der Waals surface area contributed by atoms with Gasteiger partial charge in [0.05, 0.1) is 11.2 Å².